The van der Waals surface area contributed by atoms with E-state index in [-0.39, 0.29) is 11.8 Å². The zero-order valence-corrected chi connectivity index (χ0v) is 6.34. The maximum absolute atomic E-state index is 10.3. The van der Waals surface area contributed by atoms with Gasteiger partial charge in [-0.1, -0.05) is 17.7 Å². The Hall–Kier alpha value is 0.170. The fraction of sp³-hybridized carbons (Fsp3) is 0.750. The van der Waals surface area contributed by atoms with Crippen LogP contribution in [0.1, 0.15) is 6.92 Å². The van der Waals surface area contributed by atoms with Gasteiger partial charge in [-0.15, -0.1) is 11.7 Å². The Balaban J connectivity index is 3.32. The van der Waals surface area contributed by atoms with Crippen LogP contribution in [-0.2, 0) is 4.79 Å². The van der Waals surface area contributed by atoms with Crippen LogP contribution in [0, 0.1) is 5.92 Å². The van der Waals surface area contributed by atoms with Crippen LogP contribution in [0.4, 0.5) is 0 Å². The first kappa shape index (κ1) is 8.17. The molecule has 48 valence electrons. The van der Waals surface area contributed by atoms with Crippen LogP contribution in [0.15, 0.2) is 0 Å². The summed E-state index contributed by atoms with van der Waals surface area (Å²) in [6, 6.07) is 0. The van der Waals surface area contributed by atoms with Crippen molar-refractivity contribution in [2.45, 2.75) is 6.92 Å². The zero-order valence-electron chi connectivity index (χ0n) is 4.63. The van der Waals surface area contributed by atoms with Crippen molar-refractivity contribution in [3.63, 3.8) is 0 Å². The van der Waals surface area contributed by atoms with Crippen molar-refractivity contribution in [3.8, 4) is 0 Å². The molecule has 0 aliphatic rings. The minimum atomic E-state index is -0.258. The highest BCUT2D eigenvalue weighted by atomic mass is 33.1. The number of thiol groups is 1. The highest BCUT2D eigenvalue weighted by Gasteiger charge is 2.05. The smallest absolute Gasteiger partial charge is 0.221 e. The molecule has 0 bridgehead atoms. The fourth-order valence-corrected chi connectivity index (χ4v) is 1.25. The summed E-state index contributed by atoms with van der Waals surface area (Å²) >= 11 is 3.86. The number of carbonyl (C=O) groups excluding carboxylic acids is 1. The summed E-state index contributed by atoms with van der Waals surface area (Å²) in [6.45, 7) is 1.78. The van der Waals surface area contributed by atoms with Gasteiger partial charge in [0.15, 0.2) is 0 Å². The first-order valence-electron chi connectivity index (χ1n) is 2.24. The molecule has 1 unspecified atom stereocenters. The predicted octanol–water partition coefficient (Wildman–Crippen LogP) is 0.686. The third kappa shape index (κ3) is 3.21. The number of hydrogen-bond donors (Lipinski definition) is 2. The van der Waals surface area contributed by atoms with E-state index in [1.165, 1.54) is 10.8 Å². The van der Waals surface area contributed by atoms with Crippen LogP contribution >= 0.6 is 22.5 Å². The second-order valence-electron chi connectivity index (χ2n) is 1.60. The van der Waals surface area contributed by atoms with Crippen LogP contribution < -0.4 is 5.73 Å². The van der Waals surface area contributed by atoms with Gasteiger partial charge in [0.05, 0.1) is 0 Å². The van der Waals surface area contributed by atoms with E-state index in [1.807, 2.05) is 0 Å². The van der Waals surface area contributed by atoms with Crippen molar-refractivity contribution in [3.05, 3.63) is 0 Å². The van der Waals surface area contributed by atoms with Crippen LogP contribution in [-0.4, -0.2) is 11.7 Å². The second-order valence-corrected chi connectivity index (χ2v) is 2.97. The van der Waals surface area contributed by atoms with Crippen LogP contribution in [0.2, 0.25) is 0 Å². The number of primary amides is 1. The van der Waals surface area contributed by atoms with Gasteiger partial charge >= 0.3 is 0 Å². The topological polar surface area (TPSA) is 43.1 Å². The normalized spacial score (nSPS) is 13.2. The van der Waals surface area contributed by atoms with E-state index >= 15 is 0 Å². The summed E-state index contributed by atoms with van der Waals surface area (Å²) in [6.07, 6.45) is 0. The molecule has 1 amide bonds. The molecule has 8 heavy (non-hydrogen) atoms. The minimum absolute atomic E-state index is 0.0579. The van der Waals surface area contributed by atoms with Gasteiger partial charge in [0, 0.05) is 11.7 Å². The molecule has 0 aromatic heterocycles. The average Bonchev–Trinajstić information content (AvgIpc) is 1.67. The molecule has 1 atom stereocenters. The first-order chi connectivity index (χ1) is 3.68. The summed E-state index contributed by atoms with van der Waals surface area (Å²) in [4.78, 5) is 10.3. The molecule has 0 fully saturated rings. The Morgan fingerprint density at radius 1 is 2.00 bits per heavy atom. The van der Waals surface area contributed by atoms with E-state index < -0.39 is 0 Å². The molecular formula is C4H9NOS2. The van der Waals surface area contributed by atoms with Crippen LogP contribution in [0.3, 0.4) is 0 Å². The van der Waals surface area contributed by atoms with Crippen molar-refractivity contribution < 1.29 is 4.79 Å². The molecule has 0 saturated carbocycles. The monoisotopic (exact) mass is 151 g/mol. The fourth-order valence-electron chi connectivity index (χ4n) is 0.194. The molecule has 0 aliphatic heterocycles. The van der Waals surface area contributed by atoms with Crippen molar-refractivity contribution in [1.29, 1.82) is 0 Å². The number of hydrogen-bond acceptors (Lipinski definition) is 3. The van der Waals surface area contributed by atoms with Gasteiger partial charge in [0.25, 0.3) is 0 Å². The molecule has 0 aromatic carbocycles. The summed E-state index contributed by atoms with van der Waals surface area (Å²) < 4.78 is 0. The van der Waals surface area contributed by atoms with Gasteiger partial charge in [-0.25, -0.2) is 0 Å². The SMILES string of the molecule is CC(CSS)C(N)=O. The van der Waals surface area contributed by atoms with Gasteiger partial charge in [0.1, 0.15) is 0 Å². The molecule has 0 spiro atoms. The van der Waals surface area contributed by atoms with Crippen molar-refractivity contribution in [1.82, 2.24) is 0 Å². The third-order valence-electron chi connectivity index (χ3n) is 0.810. The molecule has 0 aliphatic carbocycles. The maximum atomic E-state index is 10.3. The molecule has 0 saturated heterocycles. The molecule has 0 aromatic rings. The van der Waals surface area contributed by atoms with E-state index in [0.29, 0.717) is 5.75 Å². The number of amides is 1. The van der Waals surface area contributed by atoms with Crippen molar-refractivity contribution >= 4 is 28.4 Å². The van der Waals surface area contributed by atoms with Crippen LogP contribution in [0.25, 0.3) is 0 Å². The quantitative estimate of drug-likeness (QED) is 0.460. The van der Waals surface area contributed by atoms with Gasteiger partial charge in [-0.2, -0.15) is 0 Å². The average molecular weight is 151 g/mol. The van der Waals surface area contributed by atoms with Crippen LogP contribution in [0.5, 0.6) is 0 Å². The molecule has 4 heteroatoms. The Kier molecular flexibility index (Phi) is 4.18. The second kappa shape index (κ2) is 4.09. The standard InChI is InChI=1S/C4H9NOS2/c1-3(2-8-7)4(5)6/h3,7H,2H2,1H3,(H2,5,6). The van der Waals surface area contributed by atoms with Gasteiger partial charge in [0.2, 0.25) is 5.91 Å². The number of carbonyl (C=O) groups is 1. The van der Waals surface area contributed by atoms with E-state index in [2.05, 4.69) is 11.7 Å². The highest BCUT2D eigenvalue weighted by Crippen LogP contribution is 2.10. The summed E-state index contributed by atoms with van der Waals surface area (Å²) in [5.74, 6) is 0.377. The van der Waals surface area contributed by atoms with Crippen molar-refractivity contribution in [2.75, 3.05) is 5.75 Å². The lowest BCUT2D eigenvalue weighted by molar-refractivity contribution is -0.120. The number of rotatable bonds is 3. The molecule has 0 rings (SSSR count). The van der Waals surface area contributed by atoms with Gasteiger partial charge < -0.3 is 5.73 Å². The summed E-state index contributed by atoms with van der Waals surface area (Å²) in [5, 5.41) is 0. The lowest BCUT2D eigenvalue weighted by atomic mass is 10.2. The van der Waals surface area contributed by atoms with E-state index in [9.17, 15) is 4.79 Å². The van der Waals surface area contributed by atoms with E-state index in [4.69, 9.17) is 5.73 Å². The zero-order chi connectivity index (χ0) is 6.57. The van der Waals surface area contributed by atoms with E-state index in [1.54, 1.807) is 6.92 Å². The lowest BCUT2D eigenvalue weighted by Gasteiger charge is -2.00. The lowest BCUT2D eigenvalue weighted by Crippen LogP contribution is -2.21. The van der Waals surface area contributed by atoms with E-state index in [0.717, 1.165) is 0 Å². The largest absolute Gasteiger partial charge is 0.369 e. The van der Waals surface area contributed by atoms with Gasteiger partial charge in [-0.05, 0) is 0 Å². The molecule has 0 heterocycles. The van der Waals surface area contributed by atoms with Crippen molar-refractivity contribution in [2.24, 2.45) is 11.7 Å². The molecule has 2 nitrogen and oxygen atoms in total. The third-order valence-corrected chi connectivity index (χ3v) is 1.91. The Labute approximate surface area is 58.0 Å². The summed E-state index contributed by atoms with van der Waals surface area (Å²) in [5.41, 5.74) is 4.94. The maximum Gasteiger partial charge on any atom is 0.221 e. The first-order valence-corrected chi connectivity index (χ1v) is 4.28. The Morgan fingerprint density at radius 3 is 2.62 bits per heavy atom. The Bertz CT molecular complexity index is 86.1. The van der Waals surface area contributed by atoms with Gasteiger partial charge in [-0.3, -0.25) is 4.79 Å². The Morgan fingerprint density at radius 2 is 2.50 bits per heavy atom. The molecular weight excluding hydrogens is 142 g/mol. The predicted molar refractivity (Wildman–Crippen MR) is 39.8 cm³/mol. The number of nitrogens with two attached hydrogens (primary N) is 1. The summed E-state index contributed by atoms with van der Waals surface area (Å²) in [7, 11) is 1.33. The minimum Gasteiger partial charge on any atom is -0.369 e. The molecule has 2 N–H and O–H groups in total. The molecule has 0 radical (unpaired) electrons. The highest BCUT2D eigenvalue weighted by molar-refractivity contribution is 8.68.